The van der Waals surface area contributed by atoms with Gasteiger partial charge in [-0.1, -0.05) is 32.4 Å². The number of rotatable bonds is 2. The average molecular weight is 433 g/mol. The first-order chi connectivity index (χ1) is 11.6. The number of fused-ring (bicyclic) bond motifs is 2. The van der Waals surface area contributed by atoms with Crippen LogP contribution in [0.15, 0.2) is 60.7 Å². The van der Waals surface area contributed by atoms with Crippen LogP contribution in [0.25, 0.3) is 21.5 Å². The molecular formula is C21H18Cl2Zr. The molecule has 0 amide bonds. The molecule has 3 heteroatoms. The molecule has 0 aliphatic heterocycles. The van der Waals surface area contributed by atoms with Crippen molar-refractivity contribution in [2.75, 3.05) is 0 Å². The second-order valence-corrected chi connectivity index (χ2v) is 9.83. The van der Waals surface area contributed by atoms with E-state index in [1.54, 1.807) is 0 Å². The van der Waals surface area contributed by atoms with Crippen LogP contribution in [0.3, 0.4) is 0 Å². The zero-order chi connectivity index (χ0) is 17.1. The molecule has 4 aromatic rings. The third-order valence-electron chi connectivity index (χ3n) is 4.49. The van der Waals surface area contributed by atoms with E-state index in [1.807, 2.05) is 0 Å². The van der Waals surface area contributed by atoms with Crippen LogP contribution in [0.5, 0.6) is 0 Å². The first-order valence-electron chi connectivity index (χ1n) is 7.89. The molecule has 0 atom stereocenters. The van der Waals surface area contributed by atoms with Gasteiger partial charge in [0.25, 0.3) is 0 Å². The van der Waals surface area contributed by atoms with Gasteiger partial charge in [-0.25, -0.2) is 0 Å². The van der Waals surface area contributed by atoms with Crippen LogP contribution < -0.4 is 0 Å². The maximum atomic E-state index is 4.93. The van der Waals surface area contributed by atoms with Crippen molar-refractivity contribution in [1.29, 1.82) is 0 Å². The van der Waals surface area contributed by atoms with E-state index in [9.17, 15) is 0 Å². The first-order valence-corrected chi connectivity index (χ1v) is 14.2. The second-order valence-electron chi connectivity index (χ2n) is 6.09. The van der Waals surface area contributed by atoms with Crippen LogP contribution in [0.4, 0.5) is 0 Å². The van der Waals surface area contributed by atoms with E-state index in [2.05, 4.69) is 74.5 Å². The zero-order valence-corrected chi connectivity index (χ0v) is 17.7. The van der Waals surface area contributed by atoms with E-state index in [0.717, 1.165) is 6.42 Å². The number of aryl methyl sites for hydroxylation is 2. The van der Waals surface area contributed by atoms with Crippen LogP contribution in [0.2, 0.25) is 0 Å². The summed E-state index contributed by atoms with van der Waals surface area (Å²) in [4.78, 5) is 0. The Kier molecular flexibility index (Phi) is 5.98. The topological polar surface area (TPSA) is 0 Å². The standard InChI is InChI=1S/C21H18.2ClH.Zr/c1-14-10-16-7-5-8-18(21(16)11-14)13-20-15(2)12-17-6-3-4-9-19(17)20;;;/h3-12H,13H2,1-2H3;2*1H;/q-2;;;+4/p-2. The number of hydrogen-bond acceptors (Lipinski definition) is 0. The van der Waals surface area contributed by atoms with E-state index in [1.165, 1.54) is 43.8 Å². The van der Waals surface area contributed by atoms with Gasteiger partial charge in [-0.15, -0.1) is 80.2 Å². The minimum atomic E-state index is -0.826. The summed E-state index contributed by atoms with van der Waals surface area (Å²) >= 11 is -0.826. The third kappa shape index (κ3) is 3.69. The fourth-order valence-corrected chi connectivity index (χ4v) is 3.46. The Bertz CT molecular complexity index is 962. The third-order valence-corrected chi connectivity index (χ3v) is 4.49. The zero-order valence-electron chi connectivity index (χ0n) is 13.7. The van der Waals surface area contributed by atoms with Crippen molar-refractivity contribution in [1.82, 2.24) is 0 Å². The van der Waals surface area contributed by atoms with Crippen LogP contribution in [0, 0.1) is 13.8 Å². The summed E-state index contributed by atoms with van der Waals surface area (Å²) in [7, 11) is 9.87. The van der Waals surface area contributed by atoms with Gasteiger partial charge >= 0.3 is 37.9 Å². The Labute approximate surface area is 161 Å². The first kappa shape index (κ1) is 17.9. The molecule has 0 saturated carbocycles. The summed E-state index contributed by atoms with van der Waals surface area (Å²) in [6.45, 7) is 4.40. The summed E-state index contributed by atoms with van der Waals surface area (Å²) in [5, 5.41) is 5.52. The van der Waals surface area contributed by atoms with Gasteiger partial charge in [-0.05, 0) is 0 Å². The van der Waals surface area contributed by atoms with E-state index < -0.39 is 20.8 Å². The van der Waals surface area contributed by atoms with Gasteiger partial charge < -0.3 is 0 Å². The summed E-state index contributed by atoms with van der Waals surface area (Å²) in [5.41, 5.74) is 5.65. The van der Waals surface area contributed by atoms with Crippen molar-refractivity contribution in [2.24, 2.45) is 0 Å². The Morgan fingerprint density at radius 3 is 2.46 bits per heavy atom. The predicted molar refractivity (Wildman–Crippen MR) is 103 cm³/mol. The van der Waals surface area contributed by atoms with Crippen LogP contribution >= 0.6 is 17.0 Å². The SMILES string of the molecule is Cc1cc2cccc(C[c-]3c(C)cc4ccccc43)c2[cH-]1.[Cl][Zr+2][Cl]. The van der Waals surface area contributed by atoms with Crippen molar-refractivity contribution >= 4 is 38.6 Å². The number of halogens is 2. The molecule has 0 saturated heterocycles. The molecular weight excluding hydrogens is 414 g/mol. The molecule has 0 N–H and O–H groups in total. The molecule has 120 valence electrons. The fraction of sp³-hybridized carbons (Fsp3) is 0.143. The Hall–Kier alpha value is -0.877. The Balaban J connectivity index is 0.000000526. The molecule has 4 rings (SSSR count). The molecule has 4 aromatic carbocycles. The molecule has 0 radical (unpaired) electrons. The van der Waals surface area contributed by atoms with Crippen molar-refractivity contribution in [3.63, 3.8) is 0 Å². The van der Waals surface area contributed by atoms with Crippen LogP contribution in [-0.4, -0.2) is 0 Å². The van der Waals surface area contributed by atoms with Crippen molar-refractivity contribution in [3.05, 3.63) is 82.9 Å². The van der Waals surface area contributed by atoms with Gasteiger partial charge in [0.05, 0.1) is 0 Å². The molecule has 0 spiro atoms. The van der Waals surface area contributed by atoms with E-state index in [4.69, 9.17) is 17.0 Å². The Morgan fingerprint density at radius 2 is 1.67 bits per heavy atom. The molecule has 0 aliphatic carbocycles. The van der Waals surface area contributed by atoms with Crippen molar-refractivity contribution in [3.8, 4) is 0 Å². The summed E-state index contributed by atoms with van der Waals surface area (Å²) in [6.07, 6.45) is 1.01. The molecule has 0 aromatic heterocycles. The molecule has 0 unspecified atom stereocenters. The molecule has 0 aliphatic rings. The molecule has 0 fully saturated rings. The van der Waals surface area contributed by atoms with Gasteiger partial charge in [0.15, 0.2) is 0 Å². The van der Waals surface area contributed by atoms with E-state index >= 15 is 0 Å². The van der Waals surface area contributed by atoms with Gasteiger partial charge in [-0.2, -0.15) is 12.1 Å². The van der Waals surface area contributed by atoms with Gasteiger partial charge in [-0.3, -0.25) is 0 Å². The van der Waals surface area contributed by atoms with Gasteiger partial charge in [0.2, 0.25) is 0 Å². The Morgan fingerprint density at radius 1 is 0.958 bits per heavy atom. The normalized spacial score (nSPS) is 10.5. The van der Waals surface area contributed by atoms with Crippen LogP contribution in [0.1, 0.15) is 22.3 Å². The monoisotopic (exact) mass is 430 g/mol. The van der Waals surface area contributed by atoms with E-state index in [0.29, 0.717) is 0 Å². The van der Waals surface area contributed by atoms with Crippen molar-refractivity contribution < 1.29 is 20.8 Å². The number of benzene rings is 2. The van der Waals surface area contributed by atoms with Crippen LogP contribution in [-0.2, 0) is 27.3 Å². The summed E-state index contributed by atoms with van der Waals surface area (Å²) in [5.74, 6) is 0. The second kappa shape index (κ2) is 8.00. The van der Waals surface area contributed by atoms with Crippen molar-refractivity contribution in [2.45, 2.75) is 20.3 Å². The summed E-state index contributed by atoms with van der Waals surface area (Å²) < 4.78 is 0. The molecule has 0 nitrogen and oxygen atoms in total. The fourth-order valence-electron chi connectivity index (χ4n) is 3.46. The molecule has 0 bridgehead atoms. The average Bonchev–Trinajstić information content (AvgIpc) is 3.08. The molecule has 0 heterocycles. The van der Waals surface area contributed by atoms with Gasteiger partial charge in [0, 0.05) is 0 Å². The predicted octanol–water partition coefficient (Wildman–Crippen LogP) is 7.01. The molecule has 24 heavy (non-hydrogen) atoms. The number of hydrogen-bond donors (Lipinski definition) is 0. The quantitative estimate of drug-likeness (QED) is 0.299. The maximum absolute atomic E-state index is 4.93. The van der Waals surface area contributed by atoms with Gasteiger partial charge in [0.1, 0.15) is 0 Å². The minimum absolute atomic E-state index is 0.826. The van der Waals surface area contributed by atoms with E-state index in [-0.39, 0.29) is 0 Å². The summed E-state index contributed by atoms with van der Waals surface area (Å²) in [6, 6.07) is 22.3.